The number of fused-ring (bicyclic) bond motifs is 1. The van der Waals surface area contributed by atoms with E-state index in [1.165, 1.54) is 18.0 Å². The number of nitrogens with one attached hydrogen (secondary N) is 4. The number of rotatable bonds is 17. The Balaban J connectivity index is 1.81. The molecule has 0 bridgehead atoms. The van der Waals surface area contributed by atoms with Gasteiger partial charge in [0, 0.05) is 26.7 Å². The van der Waals surface area contributed by atoms with Crippen LogP contribution in [0.4, 0.5) is 4.79 Å². The van der Waals surface area contributed by atoms with E-state index in [1.807, 2.05) is 27.7 Å². The zero-order valence-corrected chi connectivity index (χ0v) is 32.6. The molecule has 2 heterocycles. The van der Waals surface area contributed by atoms with E-state index in [1.54, 1.807) is 39.1 Å². The molecule has 1 unspecified atom stereocenters. The number of likely N-dealkylation sites (tertiary alicyclic amines) is 1. The predicted molar refractivity (Wildman–Crippen MR) is 194 cm³/mol. The van der Waals surface area contributed by atoms with Gasteiger partial charge in [-0.2, -0.15) is 4.31 Å². The maximum Gasteiger partial charge on any atom is 0.315 e. The van der Waals surface area contributed by atoms with E-state index in [4.69, 9.17) is 0 Å². The van der Waals surface area contributed by atoms with Crippen molar-refractivity contribution in [2.24, 2.45) is 22.7 Å². The monoisotopic (exact) mass is 736 g/mol. The molecular formula is C35H56N6O7S2. The molecule has 1 aliphatic carbocycles. The number of carbonyl (C=O) groups excluding carboxylic acids is 5. The van der Waals surface area contributed by atoms with Crippen LogP contribution in [-0.4, -0.2) is 98.0 Å². The second-order valence-electron chi connectivity index (χ2n) is 15.2. The molecule has 13 nitrogen and oxygen atoms in total. The maximum absolute atomic E-state index is 14.4. The summed E-state index contributed by atoms with van der Waals surface area (Å²) in [7, 11) is -2.36. The van der Waals surface area contributed by atoms with Gasteiger partial charge in [-0.3, -0.25) is 19.2 Å². The second kappa shape index (κ2) is 16.4. The van der Waals surface area contributed by atoms with Crippen molar-refractivity contribution in [3.8, 4) is 0 Å². The summed E-state index contributed by atoms with van der Waals surface area (Å²) in [6, 6.07) is -1.29. The Morgan fingerprint density at radius 2 is 1.74 bits per heavy atom. The van der Waals surface area contributed by atoms with Crippen LogP contribution in [0.2, 0.25) is 0 Å². The number of unbranched alkanes of at least 4 members (excludes halogenated alkanes) is 1. The van der Waals surface area contributed by atoms with Gasteiger partial charge in [0.25, 0.3) is 15.9 Å². The minimum atomic E-state index is -3.79. The number of hydrogen-bond acceptors (Lipinski definition) is 8. The van der Waals surface area contributed by atoms with Gasteiger partial charge in [0.1, 0.15) is 16.3 Å². The standard InChI is InChI=1S/C35H56N6O7S2/c1-11-13-15-23(28(42)31(44)36-17-12-2)37-30(43)27-26-22(35(26,8)9)19-41(27)32(45)29(34(5,6)7)39-33(46)38-24(21(3)4)20-40(10)50(47,48)25-16-14-18-49-25/h14,16,18,22-24,26-27,29H,3,11-13,15,17,19-20H2,1-2,4-10H3,(H,36,44)(H,37,43)(H2,38,39,46)/t22-,23?,24+,26-,27-,29+/m0/s1. The normalized spacial score (nSPS) is 21.4. The molecular weight excluding hydrogens is 681 g/mol. The highest BCUT2D eigenvalue weighted by Crippen LogP contribution is 2.65. The summed E-state index contributed by atoms with van der Waals surface area (Å²) in [5.41, 5.74) is -0.486. The minimum Gasteiger partial charge on any atom is -0.349 e. The van der Waals surface area contributed by atoms with Crippen LogP contribution in [0.25, 0.3) is 0 Å². The molecule has 2 fully saturated rings. The van der Waals surface area contributed by atoms with Gasteiger partial charge in [0.05, 0.1) is 12.1 Å². The fraction of sp³-hybridized carbons (Fsp3) is 0.686. The molecule has 1 aromatic heterocycles. The summed E-state index contributed by atoms with van der Waals surface area (Å²) in [4.78, 5) is 69.1. The van der Waals surface area contributed by atoms with E-state index in [0.717, 1.165) is 22.1 Å². The minimum absolute atomic E-state index is 0.0444. The lowest BCUT2D eigenvalue weighted by molar-refractivity contribution is -0.145. The number of nitrogens with zero attached hydrogens (tertiary/aromatic N) is 2. The Morgan fingerprint density at radius 3 is 2.28 bits per heavy atom. The van der Waals surface area contributed by atoms with Crippen molar-refractivity contribution < 1.29 is 32.4 Å². The Hall–Kier alpha value is -3.30. The number of thiophene rings is 1. The van der Waals surface area contributed by atoms with Crippen molar-refractivity contribution in [2.75, 3.05) is 26.7 Å². The molecule has 1 aromatic rings. The maximum atomic E-state index is 14.4. The van der Waals surface area contributed by atoms with E-state index in [2.05, 4.69) is 27.8 Å². The van der Waals surface area contributed by atoms with Crippen molar-refractivity contribution in [3.63, 3.8) is 0 Å². The highest BCUT2D eigenvalue weighted by Gasteiger charge is 2.70. The Labute approximate surface area is 301 Å². The van der Waals surface area contributed by atoms with Crippen LogP contribution in [0.3, 0.4) is 0 Å². The number of amides is 5. The summed E-state index contributed by atoms with van der Waals surface area (Å²) in [6.45, 7) is 19.5. The summed E-state index contributed by atoms with van der Waals surface area (Å²) >= 11 is 1.09. The van der Waals surface area contributed by atoms with E-state index in [0.29, 0.717) is 37.9 Å². The molecule has 50 heavy (non-hydrogen) atoms. The summed E-state index contributed by atoms with van der Waals surface area (Å²) in [6.07, 6.45) is 2.33. The molecule has 0 radical (unpaired) electrons. The van der Waals surface area contributed by atoms with Gasteiger partial charge < -0.3 is 26.2 Å². The molecule has 0 spiro atoms. The number of carbonyl (C=O) groups is 5. The molecule has 3 rings (SSSR count). The van der Waals surface area contributed by atoms with Crippen molar-refractivity contribution in [1.29, 1.82) is 0 Å². The van der Waals surface area contributed by atoms with Crippen molar-refractivity contribution in [2.45, 2.75) is 109 Å². The Bertz CT molecular complexity index is 1540. The average molecular weight is 737 g/mol. The first-order chi connectivity index (χ1) is 23.2. The fourth-order valence-electron chi connectivity index (χ4n) is 6.62. The number of ketones is 1. The molecule has 6 atom stereocenters. The Kier molecular flexibility index (Phi) is 13.5. The van der Waals surface area contributed by atoms with Gasteiger partial charge in [0.2, 0.25) is 17.6 Å². The molecule has 5 amide bonds. The molecule has 15 heteroatoms. The Morgan fingerprint density at radius 1 is 1.08 bits per heavy atom. The van der Waals surface area contributed by atoms with Gasteiger partial charge in [-0.15, -0.1) is 11.3 Å². The van der Waals surface area contributed by atoms with E-state index < -0.39 is 69.1 Å². The lowest BCUT2D eigenvalue weighted by atomic mass is 9.85. The van der Waals surface area contributed by atoms with Crippen molar-refractivity contribution in [3.05, 3.63) is 29.7 Å². The second-order valence-corrected chi connectivity index (χ2v) is 18.5. The molecule has 4 N–H and O–H groups in total. The number of hydrogen-bond donors (Lipinski definition) is 4. The summed E-state index contributed by atoms with van der Waals surface area (Å²) in [5.74, 6) is -2.52. The first kappa shape index (κ1) is 41.1. The van der Waals surface area contributed by atoms with E-state index in [9.17, 15) is 32.4 Å². The van der Waals surface area contributed by atoms with Gasteiger partial charge >= 0.3 is 6.03 Å². The van der Waals surface area contributed by atoms with Gasteiger partial charge in [-0.25, -0.2) is 13.2 Å². The topological polar surface area (TPSA) is 174 Å². The van der Waals surface area contributed by atoms with Crippen LogP contribution in [0.5, 0.6) is 0 Å². The SMILES string of the molecule is C=C(C)[C@@H](CN(C)S(=O)(=O)c1cccs1)NC(=O)N[C@H](C(=O)N1C[C@H]2[C@@H]([C@H]1C(=O)NC(CCCC)C(=O)C(=O)NCCC)C2(C)C)C(C)(C)C. The first-order valence-electron chi connectivity index (χ1n) is 17.3. The lowest BCUT2D eigenvalue weighted by Crippen LogP contribution is -2.62. The highest BCUT2D eigenvalue weighted by molar-refractivity contribution is 7.91. The third-order valence-corrected chi connectivity index (χ3v) is 13.1. The third-order valence-electron chi connectivity index (χ3n) is 9.89. The average Bonchev–Trinajstić information content (AvgIpc) is 3.50. The summed E-state index contributed by atoms with van der Waals surface area (Å²) in [5, 5.41) is 12.7. The van der Waals surface area contributed by atoms with Crippen molar-refractivity contribution in [1.82, 2.24) is 30.5 Å². The molecule has 0 aromatic carbocycles. The number of urea groups is 1. The van der Waals surface area contributed by atoms with Crippen molar-refractivity contribution >= 4 is 50.9 Å². The first-order valence-corrected chi connectivity index (χ1v) is 19.7. The lowest BCUT2D eigenvalue weighted by Gasteiger charge is -2.38. The van der Waals surface area contributed by atoms with Crippen LogP contribution in [-0.2, 0) is 29.2 Å². The largest absolute Gasteiger partial charge is 0.349 e. The zero-order valence-electron chi connectivity index (χ0n) is 30.9. The number of Topliss-reactive ketones (excluding diaryl/α,β-unsaturated/α-hetero) is 1. The zero-order chi connectivity index (χ0) is 37.8. The molecule has 1 aliphatic heterocycles. The van der Waals surface area contributed by atoms with Crippen LogP contribution in [0, 0.1) is 22.7 Å². The van der Waals surface area contributed by atoms with Gasteiger partial charge in [-0.05, 0) is 53.9 Å². The number of piperidine rings is 1. The van der Waals surface area contributed by atoms with Gasteiger partial charge in [-0.1, -0.05) is 79.5 Å². The quantitative estimate of drug-likeness (QED) is 0.140. The molecule has 280 valence electrons. The number of sulfonamides is 1. The van der Waals surface area contributed by atoms with Gasteiger partial charge in [0.15, 0.2) is 0 Å². The molecule has 1 saturated carbocycles. The van der Waals surface area contributed by atoms with Crippen LogP contribution >= 0.6 is 11.3 Å². The summed E-state index contributed by atoms with van der Waals surface area (Å²) < 4.78 is 27.4. The molecule has 1 saturated heterocycles. The van der Waals surface area contributed by atoms with Crippen LogP contribution in [0.1, 0.15) is 81.1 Å². The third kappa shape index (κ3) is 9.32. The van der Waals surface area contributed by atoms with E-state index >= 15 is 0 Å². The number of likely N-dealkylation sites (N-methyl/N-ethyl adjacent to an activating group) is 1. The van der Waals surface area contributed by atoms with Crippen LogP contribution in [0.15, 0.2) is 33.9 Å². The highest BCUT2D eigenvalue weighted by atomic mass is 32.2. The molecule has 2 aliphatic rings. The predicted octanol–water partition coefficient (Wildman–Crippen LogP) is 3.28. The smallest absolute Gasteiger partial charge is 0.315 e. The van der Waals surface area contributed by atoms with Crippen LogP contribution < -0.4 is 21.3 Å². The fourth-order valence-corrected chi connectivity index (χ4v) is 9.01. The van der Waals surface area contributed by atoms with E-state index in [-0.39, 0.29) is 28.0 Å².